The van der Waals surface area contributed by atoms with Crippen LogP contribution in [0.2, 0.25) is 0 Å². The number of Topliss-reactive ketones (excluding diaryl/α,β-unsaturated/α-hetero) is 1. The lowest BCUT2D eigenvalue weighted by molar-refractivity contribution is 0.0599. The van der Waals surface area contributed by atoms with Crippen LogP contribution in [0.5, 0.6) is 0 Å². The molecule has 0 aliphatic rings. The van der Waals surface area contributed by atoms with Gasteiger partial charge in [0.05, 0.1) is 23.2 Å². The maximum Gasteiger partial charge on any atom is 0.437 e. The Hall–Kier alpha value is -2.94. The number of nitrogens with zero attached hydrogens (tertiary/aromatic N) is 2. The summed E-state index contributed by atoms with van der Waals surface area (Å²) in [7, 11) is 1.27. The normalized spacial score (nSPS) is 10.8. The van der Waals surface area contributed by atoms with Crippen LogP contribution in [0.4, 0.5) is 0 Å². The van der Waals surface area contributed by atoms with Gasteiger partial charge in [-0.05, 0) is 30.9 Å². The Labute approximate surface area is 146 Å². The molecule has 130 valence electrons. The Morgan fingerprint density at radius 2 is 2.16 bits per heavy atom. The molecular weight excluding hydrogens is 346 g/mol. The third kappa shape index (κ3) is 3.05. The van der Waals surface area contributed by atoms with Crippen LogP contribution in [-0.2, 0) is 11.3 Å². The summed E-state index contributed by atoms with van der Waals surface area (Å²) in [6.07, 6.45) is 0. The first-order valence-electron chi connectivity index (χ1n) is 7.35. The molecule has 0 amide bonds. The number of carbonyl (C=O) groups is 2. The van der Waals surface area contributed by atoms with Crippen molar-refractivity contribution in [3.63, 3.8) is 0 Å². The molecule has 0 atom stereocenters. The molecule has 3 rings (SSSR count). The predicted molar refractivity (Wildman–Crippen MR) is 90.0 cm³/mol. The molecule has 0 aliphatic heterocycles. The van der Waals surface area contributed by atoms with Crippen LogP contribution in [0.15, 0.2) is 26.7 Å². The van der Waals surface area contributed by atoms with E-state index in [9.17, 15) is 14.4 Å². The molecule has 0 bridgehead atoms. The fraction of sp³-hybridized carbons (Fsp3) is 0.250. The van der Waals surface area contributed by atoms with Gasteiger partial charge in [0.15, 0.2) is 0 Å². The SMILES string of the molecule is COC(=O)c1c(C)[nH]c(C(=O)Cn2nc(-c3cccs3)oc2=O)c1C. The lowest BCUT2D eigenvalue weighted by Gasteiger charge is -2.01. The van der Waals surface area contributed by atoms with E-state index in [2.05, 4.69) is 10.1 Å². The van der Waals surface area contributed by atoms with Gasteiger partial charge in [-0.15, -0.1) is 16.4 Å². The first-order chi connectivity index (χ1) is 11.9. The van der Waals surface area contributed by atoms with Gasteiger partial charge in [0, 0.05) is 5.69 Å². The van der Waals surface area contributed by atoms with E-state index in [1.807, 2.05) is 11.4 Å². The Kier molecular flexibility index (Phi) is 4.41. The number of hydrogen-bond acceptors (Lipinski definition) is 7. The fourth-order valence-electron chi connectivity index (χ4n) is 2.56. The van der Waals surface area contributed by atoms with Crippen molar-refractivity contribution in [2.45, 2.75) is 20.4 Å². The van der Waals surface area contributed by atoms with Crippen LogP contribution in [0, 0.1) is 13.8 Å². The van der Waals surface area contributed by atoms with Crippen molar-refractivity contribution in [1.29, 1.82) is 0 Å². The van der Waals surface area contributed by atoms with E-state index in [-0.39, 0.29) is 23.9 Å². The molecule has 0 saturated carbocycles. The summed E-state index contributed by atoms with van der Waals surface area (Å²) in [5.74, 6) is -1.46. The second kappa shape index (κ2) is 6.52. The number of aromatic amines is 1. The van der Waals surface area contributed by atoms with Crippen molar-refractivity contribution < 1.29 is 18.7 Å². The van der Waals surface area contributed by atoms with Crippen LogP contribution >= 0.6 is 11.3 Å². The quantitative estimate of drug-likeness (QED) is 0.551. The van der Waals surface area contributed by atoms with E-state index in [1.54, 1.807) is 19.9 Å². The third-order valence-electron chi connectivity index (χ3n) is 3.74. The second-order valence-corrected chi connectivity index (χ2v) is 6.30. The number of nitrogens with one attached hydrogen (secondary N) is 1. The monoisotopic (exact) mass is 361 g/mol. The van der Waals surface area contributed by atoms with Crippen molar-refractivity contribution in [1.82, 2.24) is 14.8 Å². The number of esters is 1. The number of ether oxygens (including phenoxy) is 1. The minimum atomic E-state index is -0.717. The van der Waals surface area contributed by atoms with Crippen LogP contribution < -0.4 is 5.76 Å². The van der Waals surface area contributed by atoms with Gasteiger partial charge < -0.3 is 14.1 Å². The standard InChI is InChI=1S/C16H15N3O5S/c1-8-12(15(21)23-3)9(2)17-13(8)10(20)7-19-16(22)24-14(18-19)11-5-4-6-25-11/h4-6,17H,7H2,1-3H3. The Morgan fingerprint density at radius 1 is 1.40 bits per heavy atom. The highest BCUT2D eigenvalue weighted by molar-refractivity contribution is 7.13. The molecule has 1 N–H and O–H groups in total. The number of aromatic nitrogens is 3. The Balaban J connectivity index is 1.89. The maximum absolute atomic E-state index is 12.5. The van der Waals surface area contributed by atoms with Crippen molar-refractivity contribution in [2.24, 2.45) is 0 Å². The molecule has 0 aliphatic carbocycles. The van der Waals surface area contributed by atoms with Crippen molar-refractivity contribution in [3.8, 4) is 10.8 Å². The van der Waals surface area contributed by atoms with Gasteiger partial charge in [0.2, 0.25) is 5.78 Å². The maximum atomic E-state index is 12.5. The van der Waals surface area contributed by atoms with E-state index in [1.165, 1.54) is 18.4 Å². The molecular formula is C16H15N3O5S. The average molecular weight is 361 g/mol. The number of hydrogen-bond donors (Lipinski definition) is 1. The summed E-state index contributed by atoms with van der Waals surface area (Å²) in [4.78, 5) is 39.8. The minimum Gasteiger partial charge on any atom is -0.465 e. The minimum absolute atomic E-state index is 0.169. The lowest BCUT2D eigenvalue weighted by atomic mass is 10.1. The molecule has 25 heavy (non-hydrogen) atoms. The summed E-state index contributed by atoms with van der Waals surface area (Å²) < 4.78 is 10.8. The zero-order valence-corrected chi connectivity index (χ0v) is 14.6. The predicted octanol–water partition coefficient (Wildman–Crippen LogP) is 2.18. The largest absolute Gasteiger partial charge is 0.465 e. The number of ketones is 1. The summed E-state index contributed by atoms with van der Waals surface area (Å²) in [5.41, 5.74) is 1.56. The highest BCUT2D eigenvalue weighted by Gasteiger charge is 2.23. The number of H-pyrrole nitrogens is 1. The first-order valence-corrected chi connectivity index (χ1v) is 8.22. The molecule has 0 saturated heterocycles. The summed E-state index contributed by atoms with van der Waals surface area (Å²) in [6, 6.07) is 3.58. The number of carbonyl (C=O) groups excluding carboxylic acids is 2. The van der Waals surface area contributed by atoms with Gasteiger partial charge in [-0.3, -0.25) is 4.79 Å². The van der Waals surface area contributed by atoms with Crippen LogP contribution in [0.3, 0.4) is 0 Å². The number of methoxy groups -OCH3 is 1. The highest BCUT2D eigenvalue weighted by Crippen LogP contribution is 2.22. The van der Waals surface area contributed by atoms with E-state index in [4.69, 9.17) is 9.15 Å². The van der Waals surface area contributed by atoms with E-state index in [0.717, 1.165) is 4.68 Å². The Morgan fingerprint density at radius 3 is 2.80 bits per heavy atom. The number of thiophene rings is 1. The van der Waals surface area contributed by atoms with E-state index >= 15 is 0 Å². The molecule has 8 nitrogen and oxygen atoms in total. The molecule has 0 radical (unpaired) electrons. The second-order valence-electron chi connectivity index (χ2n) is 5.35. The zero-order chi connectivity index (χ0) is 18.1. The average Bonchev–Trinajstić information content (AvgIpc) is 3.28. The van der Waals surface area contributed by atoms with Crippen molar-refractivity contribution in [3.05, 3.63) is 50.6 Å². The molecule has 0 spiro atoms. The molecule has 0 fully saturated rings. The van der Waals surface area contributed by atoms with E-state index in [0.29, 0.717) is 21.7 Å². The molecule has 0 unspecified atom stereocenters. The van der Waals surface area contributed by atoms with Gasteiger partial charge in [-0.2, -0.15) is 4.68 Å². The topological polar surface area (TPSA) is 107 Å². The van der Waals surface area contributed by atoms with Crippen molar-refractivity contribution >= 4 is 23.1 Å². The van der Waals surface area contributed by atoms with Crippen LogP contribution in [0.25, 0.3) is 10.8 Å². The molecule has 0 aromatic carbocycles. The van der Waals surface area contributed by atoms with Gasteiger partial charge in [-0.1, -0.05) is 6.07 Å². The van der Waals surface area contributed by atoms with Gasteiger partial charge in [0.25, 0.3) is 5.89 Å². The van der Waals surface area contributed by atoms with Crippen LogP contribution in [-0.4, -0.2) is 33.6 Å². The molecule has 3 heterocycles. The summed E-state index contributed by atoms with van der Waals surface area (Å²) in [6.45, 7) is 3.02. The molecule has 3 aromatic heterocycles. The smallest absolute Gasteiger partial charge is 0.437 e. The zero-order valence-electron chi connectivity index (χ0n) is 13.8. The summed E-state index contributed by atoms with van der Waals surface area (Å²) in [5, 5.41) is 5.88. The van der Waals surface area contributed by atoms with Crippen LogP contribution in [0.1, 0.15) is 32.1 Å². The van der Waals surface area contributed by atoms with Gasteiger partial charge in [-0.25, -0.2) is 9.59 Å². The first kappa shape index (κ1) is 16.9. The van der Waals surface area contributed by atoms with E-state index < -0.39 is 11.7 Å². The number of rotatable bonds is 5. The molecule has 9 heteroatoms. The Bertz CT molecular complexity index is 994. The summed E-state index contributed by atoms with van der Waals surface area (Å²) >= 11 is 1.38. The highest BCUT2D eigenvalue weighted by atomic mass is 32.1. The van der Waals surface area contributed by atoms with Crippen molar-refractivity contribution in [2.75, 3.05) is 7.11 Å². The fourth-order valence-corrected chi connectivity index (χ4v) is 3.20. The number of aryl methyl sites for hydroxylation is 1. The molecule has 3 aromatic rings. The van der Waals surface area contributed by atoms with Gasteiger partial charge in [0.1, 0.15) is 6.54 Å². The lowest BCUT2D eigenvalue weighted by Crippen LogP contribution is -2.22. The van der Waals surface area contributed by atoms with Gasteiger partial charge >= 0.3 is 11.7 Å². The third-order valence-corrected chi connectivity index (χ3v) is 4.60.